The summed E-state index contributed by atoms with van der Waals surface area (Å²) in [5, 5.41) is 3.30. The van der Waals surface area contributed by atoms with Crippen LogP contribution in [-0.4, -0.2) is 46.9 Å². The Bertz CT molecular complexity index is 999. The molecule has 0 spiro atoms. The zero-order chi connectivity index (χ0) is 20.2. The number of hydrogen-bond donors (Lipinski definition) is 1. The van der Waals surface area contributed by atoms with Crippen molar-refractivity contribution in [3.8, 4) is 0 Å². The molecule has 3 aromatic rings. The van der Waals surface area contributed by atoms with Crippen molar-refractivity contribution in [3.63, 3.8) is 0 Å². The lowest BCUT2D eigenvalue weighted by Crippen LogP contribution is -2.47. The number of carbonyl (C=O) groups excluding carboxylic acids is 1. The van der Waals surface area contributed by atoms with E-state index in [2.05, 4.69) is 25.1 Å². The Morgan fingerprint density at radius 3 is 2.48 bits per heavy atom. The molecule has 1 aliphatic heterocycles. The van der Waals surface area contributed by atoms with Crippen LogP contribution >= 0.6 is 0 Å². The second kappa shape index (κ2) is 8.26. The van der Waals surface area contributed by atoms with Gasteiger partial charge in [-0.15, -0.1) is 0 Å². The van der Waals surface area contributed by atoms with Crippen molar-refractivity contribution in [1.82, 2.24) is 15.0 Å². The number of rotatable bonds is 5. The van der Waals surface area contributed by atoms with Crippen LogP contribution in [0.1, 0.15) is 23.0 Å². The Morgan fingerprint density at radius 2 is 1.76 bits per heavy atom. The van der Waals surface area contributed by atoms with Gasteiger partial charge in [-0.1, -0.05) is 18.2 Å². The lowest BCUT2D eigenvalue weighted by atomic mass is 10.1. The van der Waals surface area contributed by atoms with E-state index in [1.54, 1.807) is 6.92 Å². The topological polar surface area (TPSA) is 74.2 Å². The molecule has 1 aromatic carbocycles. The fourth-order valence-corrected chi connectivity index (χ4v) is 3.40. The third-order valence-electron chi connectivity index (χ3n) is 4.92. The van der Waals surface area contributed by atoms with Crippen molar-refractivity contribution < 1.29 is 4.79 Å². The van der Waals surface area contributed by atoms with Crippen LogP contribution in [0.2, 0.25) is 0 Å². The zero-order valence-electron chi connectivity index (χ0n) is 16.7. The maximum absolute atomic E-state index is 11.6. The summed E-state index contributed by atoms with van der Waals surface area (Å²) in [5.41, 5.74) is 2.40. The van der Waals surface area contributed by atoms with Crippen LogP contribution in [0.25, 0.3) is 0 Å². The van der Waals surface area contributed by atoms with E-state index in [1.165, 1.54) is 0 Å². The second-order valence-electron chi connectivity index (χ2n) is 7.12. The van der Waals surface area contributed by atoms with Crippen LogP contribution in [0, 0.1) is 6.92 Å². The van der Waals surface area contributed by atoms with Gasteiger partial charge in [0.05, 0.1) is 0 Å². The molecule has 7 nitrogen and oxygen atoms in total. The molecule has 0 amide bonds. The van der Waals surface area contributed by atoms with Crippen molar-refractivity contribution >= 4 is 29.1 Å². The Balaban J connectivity index is 1.48. The summed E-state index contributed by atoms with van der Waals surface area (Å²) in [7, 11) is 0. The highest BCUT2D eigenvalue weighted by Gasteiger charge is 2.20. The second-order valence-corrected chi connectivity index (χ2v) is 7.12. The molecule has 0 radical (unpaired) electrons. The molecule has 0 atom stereocenters. The molecule has 0 unspecified atom stereocenters. The number of pyridine rings is 1. The lowest BCUT2D eigenvalue weighted by molar-refractivity contribution is 0.101. The first-order chi connectivity index (χ1) is 14.1. The van der Waals surface area contributed by atoms with E-state index in [9.17, 15) is 4.79 Å². The van der Waals surface area contributed by atoms with Crippen LogP contribution in [0.4, 0.5) is 23.3 Å². The molecular weight excluding hydrogens is 364 g/mol. The SMILES string of the molecule is CC(=O)c1cccc(Nc2cc(C)nc(N3CCN(c4ccccn4)CC3)n2)c1. The number of aryl methyl sites for hydroxylation is 1. The van der Waals surface area contributed by atoms with Crippen LogP contribution < -0.4 is 15.1 Å². The highest BCUT2D eigenvalue weighted by Crippen LogP contribution is 2.21. The molecule has 0 bridgehead atoms. The summed E-state index contributed by atoms with van der Waals surface area (Å²) in [6.45, 7) is 6.94. The minimum absolute atomic E-state index is 0.0407. The van der Waals surface area contributed by atoms with Crippen LogP contribution in [0.15, 0.2) is 54.7 Å². The average molecular weight is 388 g/mol. The molecule has 2 aromatic heterocycles. The van der Waals surface area contributed by atoms with Gasteiger partial charge in [-0.3, -0.25) is 4.79 Å². The van der Waals surface area contributed by atoms with E-state index in [0.29, 0.717) is 5.56 Å². The van der Waals surface area contributed by atoms with Crippen molar-refractivity contribution in [3.05, 3.63) is 66.0 Å². The number of ketones is 1. The summed E-state index contributed by atoms with van der Waals surface area (Å²) < 4.78 is 0. The normalized spacial score (nSPS) is 14.0. The van der Waals surface area contributed by atoms with E-state index < -0.39 is 0 Å². The summed E-state index contributed by atoms with van der Waals surface area (Å²) in [6.07, 6.45) is 1.82. The van der Waals surface area contributed by atoms with Crippen molar-refractivity contribution in [2.75, 3.05) is 41.3 Å². The predicted molar refractivity (Wildman–Crippen MR) is 115 cm³/mol. The molecule has 4 rings (SSSR count). The average Bonchev–Trinajstić information content (AvgIpc) is 2.74. The monoisotopic (exact) mass is 388 g/mol. The smallest absolute Gasteiger partial charge is 0.227 e. The molecule has 7 heteroatoms. The highest BCUT2D eigenvalue weighted by molar-refractivity contribution is 5.95. The molecule has 1 saturated heterocycles. The van der Waals surface area contributed by atoms with Gasteiger partial charge in [-0.05, 0) is 38.1 Å². The van der Waals surface area contributed by atoms with Gasteiger partial charge in [-0.25, -0.2) is 9.97 Å². The molecule has 0 aliphatic carbocycles. The highest BCUT2D eigenvalue weighted by atomic mass is 16.1. The quantitative estimate of drug-likeness (QED) is 0.671. The van der Waals surface area contributed by atoms with Crippen LogP contribution in [0.3, 0.4) is 0 Å². The first kappa shape index (κ1) is 18.9. The Labute approximate surface area is 170 Å². The molecule has 3 heterocycles. The molecule has 0 saturated carbocycles. The number of benzene rings is 1. The Hall–Kier alpha value is -3.48. The number of Topliss-reactive ketones (excluding diaryl/α,β-unsaturated/α-hetero) is 1. The molecule has 148 valence electrons. The number of anilines is 4. The minimum Gasteiger partial charge on any atom is -0.353 e. The Kier molecular flexibility index (Phi) is 5.37. The Morgan fingerprint density at radius 1 is 0.966 bits per heavy atom. The number of aromatic nitrogens is 3. The van der Waals surface area contributed by atoms with E-state index in [4.69, 9.17) is 4.98 Å². The van der Waals surface area contributed by atoms with Crippen LogP contribution in [-0.2, 0) is 0 Å². The molecule has 1 fully saturated rings. The van der Waals surface area contributed by atoms with Gasteiger partial charge in [0.25, 0.3) is 0 Å². The molecule has 1 aliphatic rings. The molecule has 29 heavy (non-hydrogen) atoms. The van der Waals surface area contributed by atoms with E-state index in [0.717, 1.165) is 55.1 Å². The maximum Gasteiger partial charge on any atom is 0.227 e. The largest absolute Gasteiger partial charge is 0.353 e. The van der Waals surface area contributed by atoms with Gasteiger partial charge in [0, 0.05) is 55.4 Å². The van der Waals surface area contributed by atoms with Crippen molar-refractivity contribution in [2.24, 2.45) is 0 Å². The first-order valence-electron chi connectivity index (χ1n) is 9.73. The summed E-state index contributed by atoms with van der Waals surface area (Å²) in [4.78, 5) is 29.9. The maximum atomic E-state index is 11.6. The van der Waals surface area contributed by atoms with Gasteiger partial charge in [0.15, 0.2) is 5.78 Å². The lowest BCUT2D eigenvalue weighted by Gasteiger charge is -2.35. The summed E-state index contributed by atoms with van der Waals surface area (Å²) in [6, 6.07) is 15.3. The van der Waals surface area contributed by atoms with Crippen molar-refractivity contribution in [2.45, 2.75) is 13.8 Å². The first-order valence-corrected chi connectivity index (χ1v) is 9.73. The van der Waals surface area contributed by atoms with Gasteiger partial charge < -0.3 is 15.1 Å². The number of nitrogens with one attached hydrogen (secondary N) is 1. The number of piperazine rings is 1. The van der Waals surface area contributed by atoms with Crippen LogP contribution in [0.5, 0.6) is 0 Å². The van der Waals surface area contributed by atoms with Crippen molar-refractivity contribution in [1.29, 1.82) is 0 Å². The van der Waals surface area contributed by atoms with Gasteiger partial charge in [0.1, 0.15) is 11.6 Å². The molecule has 1 N–H and O–H groups in total. The van der Waals surface area contributed by atoms with E-state index in [1.807, 2.05) is 61.7 Å². The standard InChI is InChI=1S/C22H24N6O/c1-16-14-20(25-19-7-5-6-18(15-19)17(2)29)26-22(24-16)28-12-10-27(11-13-28)21-8-3-4-9-23-21/h3-9,14-15H,10-13H2,1-2H3,(H,24,25,26). The summed E-state index contributed by atoms with van der Waals surface area (Å²) in [5.74, 6) is 2.49. The van der Waals surface area contributed by atoms with Gasteiger partial charge in [-0.2, -0.15) is 4.98 Å². The third-order valence-corrected chi connectivity index (χ3v) is 4.92. The predicted octanol–water partition coefficient (Wildman–Crippen LogP) is 3.45. The van der Waals surface area contributed by atoms with E-state index >= 15 is 0 Å². The zero-order valence-corrected chi connectivity index (χ0v) is 16.7. The summed E-state index contributed by atoms with van der Waals surface area (Å²) >= 11 is 0. The number of carbonyl (C=O) groups is 1. The van der Waals surface area contributed by atoms with Gasteiger partial charge in [0.2, 0.25) is 5.95 Å². The number of hydrogen-bond acceptors (Lipinski definition) is 7. The number of nitrogens with zero attached hydrogens (tertiary/aromatic N) is 5. The fraction of sp³-hybridized carbons (Fsp3) is 0.273. The fourth-order valence-electron chi connectivity index (χ4n) is 3.40. The van der Waals surface area contributed by atoms with E-state index in [-0.39, 0.29) is 5.78 Å². The third kappa shape index (κ3) is 4.51. The molecular formula is C22H24N6O. The minimum atomic E-state index is 0.0407. The van der Waals surface area contributed by atoms with Gasteiger partial charge >= 0.3 is 0 Å².